The van der Waals surface area contributed by atoms with E-state index < -0.39 is 0 Å². The Morgan fingerprint density at radius 2 is 0.325 bits per heavy atom. The van der Waals surface area contributed by atoms with Crippen LogP contribution in [0.1, 0.15) is 0 Å². The van der Waals surface area contributed by atoms with Crippen molar-refractivity contribution in [1.29, 1.82) is 0 Å². The number of nitrogens with zero attached hydrogens (tertiary/aromatic N) is 10. The minimum Gasteiger partial charge on any atom is -0.309 e. The van der Waals surface area contributed by atoms with Gasteiger partial charge in [-0.15, -0.1) is 0 Å². The summed E-state index contributed by atoms with van der Waals surface area (Å²) >= 11 is 0. The van der Waals surface area contributed by atoms with Gasteiger partial charge < -0.3 is 27.4 Å². The lowest BCUT2D eigenvalue weighted by Crippen LogP contribution is -1.97. The van der Waals surface area contributed by atoms with Crippen LogP contribution in [0.25, 0.3) is 244 Å². The molecule has 0 aliphatic heterocycles. The van der Waals surface area contributed by atoms with E-state index in [1.54, 1.807) is 0 Å². The molecule has 0 atom stereocenters. The zero-order valence-electron chi connectivity index (χ0n) is 68.0. The monoisotopic (exact) mass is 1600 g/mol. The quantitative estimate of drug-likeness (QED) is 0.115. The van der Waals surface area contributed by atoms with Crippen molar-refractivity contribution in [3.8, 4) is 113 Å². The van der Waals surface area contributed by atoms with Crippen molar-refractivity contribution in [3.05, 3.63) is 437 Å². The van der Waals surface area contributed by atoms with Gasteiger partial charge in [0.15, 0.2) is 11.6 Å². The van der Waals surface area contributed by atoms with Gasteiger partial charge >= 0.3 is 0 Å². The lowest BCUT2D eigenvalue weighted by atomic mass is 10.0. The molecule has 0 saturated heterocycles. The summed E-state index contributed by atoms with van der Waals surface area (Å²) in [5.74, 6) is 1.31. The van der Waals surface area contributed by atoms with Gasteiger partial charge in [0.25, 0.3) is 0 Å². The first kappa shape index (κ1) is 70.7. The molecule has 8 aromatic heterocycles. The Morgan fingerprint density at radius 3 is 0.627 bits per heavy atom. The molecule has 126 heavy (non-hydrogen) atoms. The highest BCUT2D eigenvalue weighted by molar-refractivity contribution is 6.25. The maximum atomic E-state index is 5.51. The predicted molar refractivity (Wildman–Crippen MR) is 522 cm³/mol. The second kappa shape index (κ2) is 28.3. The Labute approximate surface area is 723 Å². The third-order valence-electron chi connectivity index (χ3n) is 25.8. The molecule has 26 aromatic rings. The largest absolute Gasteiger partial charge is 0.309 e. The molecule has 586 valence electrons. The Balaban J connectivity index is 0.584. The lowest BCUT2D eigenvalue weighted by Gasteiger charge is -2.13. The van der Waals surface area contributed by atoms with E-state index in [2.05, 4.69) is 452 Å². The third-order valence-corrected chi connectivity index (χ3v) is 25.8. The number of para-hydroxylation sites is 7. The SMILES string of the molecule is c1ccc(-c2cc(-c3ccccc3)nc(-c3ccc(-n4c5ccccc5c5cc6c(cc54)c4cc5c(cc4n6-c4ccc(-c6cccc(-c7nc(-c8ccccc8)cc(-c8ccc(-n9c%10ccccc%10c%10cc%11c(cc%109)c9cc%10c(cc9n%11-c9ccccc9)c9ccccc9n%10-c9ccccc9)cc8)n7)c6)cc4)c4ccccc4n5-c4ccccc4)cc3)n2)cc1. The molecule has 0 radical (unpaired) electrons. The smallest absolute Gasteiger partial charge is 0.160 e. The molecule has 0 N–H and O–H groups in total. The standard InChI is InChI=1S/C116H72N10/c1-7-28-74(29-8-1)99-71-100(75-30-9-2-10-31-75)118-115(117-99)78-54-60-85(61-55-78)124-106-49-26-22-45-90(106)94-66-114-98(70-110(94)124)97-68-108-92(88-43-20-24-47-104(88)122(108)82-38-15-5-16-39-82)65-113(97)126(114)86-56-50-73(51-57-86)79-34-27-35-80(62-79)116-119-101(76-32-11-3-12-33-76)72-102(120-116)77-52-58-84(59-53-77)123-105-48-25-21-44-89(105)93-64-112-96(69-109(93)123)95-67-107-91(63-111(95)125(112)83-40-17-6-18-41-83)87-42-19-23-46-103(87)121(107)81-36-13-4-14-37-81/h1-72H. The molecular formula is C116H72N10. The average Bonchev–Trinajstić information content (AvgIpc) is 1.54. The van der Waals surface area contributed by atoms with E-state index in [0.29, 0.717) is 11.6 Å². The highest BCUT2D eigenvalue weighted by Crippen LogP contribution is 2.48. The average molecular weight is 1610 g/mol. The summed E-state index contributed by atoms with van der Waals surface area (Å²) in [6.45, 7) is 0. The van der Waals surface area contributed by atoms with Crippen molar-refractivity contribution in [2.24, 2.45) is 0 Å². The van der Waals surface area contributed by atoms with Crippen molar-refractivity contribution in [2.45, 2.75) is 0 Å². The zero-order chi connectivity index (χ0) is 82.6. The highest BCUT2D eigenvalue weighted by Gasteiger charge is 2.27. The summed E-state index contributed by atoms with van der Waals surface area (Å²) in [6.07, 6.45) is 0. The van der Waals surface area contributed by atoms with Gasteiger partial charge in [0.1, 0.15) is 0 Å². The molecule has 8 heterocycles. The van der Waals surface area contributed by atoms with Crippen LogP contribution in [0.2, 0.25) is 0 Å². The van der Waals surface area contributed by atoms with Crippen LogP contribution in [0, 0.1) is 0 Å². The molecule has 0 aliphatic rings. The van der Waals surface area contributed by atoms with Gasteiger partial charge in [0.05, 0.1) is 89.0 Å². The fourth-order valence-corrected chi connectivity index (χ4v) is 20.0. The first-order valence-corrected chi connectivity index (χ1v) is 42.9. The number of aromatic nitrogens is 10. The van der Waals surface area contributed by atoms with Crippen molar-refractivity contribution < 1.29 is 0 Å². The van der Waals surface area contributed by atoms with E-state index in [1.807, 2.05) is 12.1 Å². The summed E-state index contributed by atoms with van der Waals surface area (Å²) in [6, 6.07) is 158. The van der Waals surface area contributed by atoms with E-state index in [-0.39, 0.29) is 0 Å². The molecule has 10 nitrogen and oxygen atoms in total. The van der Waals surface area contributed by atoms with Crippen LogP contribution in [0.5, 0.6) is 0 Å². The van der Waals surface area contributed by atoms with Gasteiger partial charge in [0.2, 0.25) is 0 Å². The van der Waals surface area contributed by atoms with Crippen molar-refractivity contribution >= 4 is 131 Å². The molecular weight excluding hydrogens is 1530 g/mol. The first-order chi connectivity index (χ1) is 62.5. The molecule has 0 amide bonds. The second-order valence-corrected chi connectivity index (χ2v) is 32.9. The van der Waals surface area contributed by atoms with E-state index >= 15 is 0 Å². The third kappa shape index (κ3) is 11.2. The van der Waals surface area contributed by atoms with Crippen LogP contribution < -0.4 is 0 Å². The Kier molecular flexibility index (Phi) is 15.9. The number of rotatable bonds is 13. The van der Waals surface area contributed by atoms with Gasteiger partial charge in [-0.25, -0.2) is 19.9 Å². The molecule has 26 rings (SSSR count). The van der Waals surface area contributed by atoms with Crippen LogP contribution in [0.4, 0.5) is 0 Å². The number of fused-ring (bicyclic) bond motifs is 18. The lowest BCUT2D eigenvalue weighted by molar-refractivity contribution is 1.16. The van der Waals surface area contributed by atoms with E-state index in [4.69, 9.17) is 19.9 Å². The normalized spacial score (nSPS) is 12.0. The van der Waals surface area contributed by atoms with Crippen molar-refractivity contribution in [3.63, 3.8) is 0 Å². The van der Waals surface area contributed by atoms with Crippen LogP contribution in [-0.4, -0.2) is 47.3 Å². The molecule has 18 aromatic carbocycles. The second-order valence-electron chi connectivity index (χ2n) is 32.9. The molecule has 0 spiro atoms. The summed E-state index contributed by atoms with van der Waals surface area (Å²) < 4.78 is 14.7. The minimum atomic E-state index is 0.642. The van der Waals surface area contributed by atoms with Gasteiger partial charge in [0, 0.05) is 132 Å². The summed E-state index contributed by atoms with van der Waals surface area (Å²) in [7, 11) is 0. The maximum absolute atomic E-state index is 5.51. The summed E-state index contributed by atoms with van der Waals surface area (Å²) in [4.78, 5) is 21.3. The molecule has 0 bridgehead atoms. The zero-order valence-corrected chi connectivity index (χ0v) is 68.0. The van der Waals surface area contributed by atoms with Gasteiger partial charge in [-0.1, -0.05) is 261 Å². The minimum absolute atomic E-state index is 0.642. The molecule has 0 fully saturated rings. The fourth-order valence-electron chi connectivity index (χ4n) is 20.0. The first-order valence-electron chi connectivity index (χ1n) is 42.9. The Hall–Kier alpha value is -17.1. The summed E-state index contributed by atoms with van der Waals surface area (Å²) in [5, 5.41) is 14.2. The number of hydrogen-bond donors (Lipinski definition) is 0. The van der Waals surface area contributed by atoms with Crippen LogP contribution in [0.3, 0.4) is 0 Å². The van der Waals surface area contributed by atoms with E-state index in [9.17, 15) is 0 Å². The van der Waals surface area contributed by atoms with E-state index in [0.717, 1.165) is 173 Å². The highest BCUT2D eigenvalue weighted by atomic mass is 15.0. The predicted octanol–water partition coefficient (Wildman–Crippen LogP) is 29.5. The maximum Gasteiger partial charge on any atom is 0.160 e. The van der Waals surface area contributed by atoms with Gasteiger partial charge in [-0.05, 0) is 187 Å². The molecule has 10 heteroatoms. The molecule has 0 aliphatic carbocycles. The van der Waals surface area contributed by atoms with E-state index in [1.165, 1.54) is 59.5 Å². The number of hydrogen-bond acceptors (Lipinski definition) is 4. The molecule has 0 unspecified atom stereocenters. The Bertz CT molecular complexity index is 8830. The van der Waals surface area contributed by atoms with Crippen LogP contribution in [-0.2, 0) is 0 Å². The topological polar surface area (TPSA) is 81.1 Å². The van der Waals surface area contributed by atoms with Gasteiger partial charge in [-0.3, -0.25) is 0 Å². The summed E-state index contributed by atoms with van der Waals surface area (Å²) in [5.41, 5.74) is 31.7. The van der Waals surface area contributed by atoms with Crippen molar-refractivity contribution in [1.82, 2.24) is 47.3 Å². The molecule has 0 saturated carbocycles. The van der Waals surface area contributed by atoms with Gasteiger partial charge in [-0.2, -0.15) is 0 Å². The Morgan fingerprint density at radius 1 is 0.119 bits per heavy atom. The number of benzene rings is 18. The fraction of sp³-hybridized carbons (Fsp3) is 0. The van der Waals surface area contributed by atoms with Crippen LogP contribution >= 0.6 is 0 Å². The van der Waals surface area contributed by atoms with Crippen LogP contribution in [0.15, 0.2) is 437 Å². The van der Waals surface area contributed by atoms with Crippen molar-refractivity contribution in [2.75, 3.05) is 0 Å².